The minimum Gasteiger partial charge on any atom is -0.398 e. The van der Waals surface area contributed by atoms with Gasteiger partial charge in [-0.05, 0) is 43.4 Å². The third-order valence-electron chi connectivity index (χ3n) is 3.43. The Labute approximate surface area is 99.7 Å². The Morgan fingerprint density at radius 1 is 1.38 bits per heavy atom. The van der Waals surface area contributed by atoms with E-state index in [0.29, 0.717) is 5.92 Å². The summed E-state index contributed by atoms with van der Waals surface area (Å²) in [5.41, 5.74) is 7.56. The van der Waals surface area contributed by atoms with Gasteiger partial charge in [-0.25, -0.2) is 0 Å². The average Bonchev–Trinajstić information content (AvgIpc) is 2.74. The van der Waals surface area contributed by atoms with Crippen molar-refractivity contribution in [3.05, 3.63) is 23.8 Å². The first kappa shape index (κ1) is 11.6. The van der Waals surface area contributed by atoms with Crippen LogP contribution in [0.1, 0.15) is 31.2 Å². The van der Waals surface area contributed by atoms with E-state index in [1.165, 1.54) is 25.7 Å². The molecular weight excluding hydrogens is 218 g/mol. The summed E-state index contributed by atoms with van der Waals surface area (Å²) < 4.78 is 12.2. The second-order valence-corrected chi connectivity index (χ2v) is 6.10. The molecule has 2 N–H and O–H groups in total. The fourth-order valence-corrected chi connectivity index (χ4v) is 3.99. The number of hydrogen-bond acceptors (Lipinski definition) is 2. The molecule has 2 nitrogen and oxygen atoms in total. The third-order valence-corrected chi connectivity index (χ3v) is 5.14. The second kappa shape index (κ2) is 5.00. The van der Waals surface area contributed by atoms with Gasteiger partial charge in [0.05, 0.1) is 10.8 Å². The zero-order chi connectivity index (χ0) is 11.5. The highest BCUT2D eigenvalue weighted by Gasteiger charge is 2.19. The number of nitrogens with two attached hydrogens (primary N) is 1. The number of anilines is 1. The number of rotatable bonds is 3. The molecule has 1 aliphatic carbocycles. The molecule has 1 aromatic rings. The van der Waals surface area contributed by atoms with Crippen molar-refractivity contribution >= 4 is 16.5 Å². The molecule has 1 unspecified atom stereocenters. The Hall–Kier alpha value is -0.830. The van der Waals surface area contributed by atoms with Gasteiger partial charge in [0.1, 0.15) is 0 Å². The van der Waals surface area contributed by atoms with E-state index in [4.69, 9.17) is 5.73 Å². The number of benzene rings is 1. The monoisotopic (exact) mass is 237 g/mol. The Morgan fingerprint density at radius 3 is 2.75 bits per heavy atom. The normalized spacial score (nSPS) is 18.8. The molecule has 2 rings (SSSR count). The molecular formula is C13H19NOS. The maximum atomic E-state index is 12.2. The molecule has 1 aliphatic rings. The van der Waals surface area contributed by atoms with Gasteiger partial charge in [0.25, 0.3) is 0 Å². The van der Waals surface area contributed by atoms with Crippen LogP contribution in [-0.2, 0) is 10.8 Å². The summed E-state index contributed by atoms with van der Waals surface area (Å²) in [6.45, 7) is 1.96. The van der Waals surface area contributed by atoms with Crippen molar-refractivity contribution in [1.82, 2.24) is 0 Å². The molecule has 0 saturated heterocycles. The molecule has 0 heterocycles. The van der Waals surface area contributed by atoms with Gasteiger partial charge in [0, 0.05) is 16.3 Å². The lowest BCUT2D eigenvalue weighted by Gasteiger charge is -2.11. The summed E-state index contributed by atoms with van der Waals surface area (Å²) in [6, 6.07) is 5.70. The van der Waals surface area contributed by atoms with Crippen LogP contribution in [0.4, 0.5) is 5.69 Å². The molecule has 0 spiro atoms. The molecule has 0 aliphatic heterocycles. The lowest BCUT2D eigenvalue weighted by atomic mass is 10.1. The Kier molecular flexibility index (Phi) is 3.64. The van der Waals surface area contributed by atoms with E-state index in [1.807, 2.05) is 25.1 Å². The largest absolute Gasteiger partial charge is 0.398 e. The lowest BCUT2D eigenvalue weighted by Crippen LogP contribution is -2.09. The highest BCUT2D eigenvalue weighted by Crippen LogP contribution is 2.28. The number of nitrogen functional groups attached to an aromatic ring is 1. The van der Waals surface area contributed by atoms with E-state index in [0.717, 1.165) is 21.9 Å². The maximum Gasteiger partial charge on any atom is 0.0535 e. The van der Waals surface area contributed by atoms with Gasteiger partial charge >= 0.3 is 0 Å². The van der Waals surface area contributed by atoms with E-state index in [9.17, 15) is 4.21 Å². The molecule has 16 heavy (non-hydrogen) atoms. The highest BCUT2D eigenvalue weighted by molar-refractivity contribution is 7.85. The average molecular weight is 237 g/mol. The van der Waals surface area contributed by atoms with Gasteiger partial charge in [0.2, 0.25) is 0 Å². The van der Waals surface area contributed by atoms with E-state index < -0.39 is 10.8 Å². The van der Waals surface area contributed by atoms with Gasteiger partial charge in [-0.2, -0.15) is 0 Å². The van der Waals surface area contributed by atoms with Crippen LogP contribution in [0.2, 0.25) is 0 Å². The Bertz CT molecular complexity index is 397. The van der Waals surface area contributed by atoms with Crippen LogP contribution < -0.4 is 5.73 Å². The smallest absolute Gasteiger partial charge is 0.0535 e. The highest BCUT2D eigenvalue weighted by atomic mass is 32.2. The quantitative estimate of drug-likeness (QED) is 0.821. The third kappa shape index (κ3) is 2.46. The fraction of sp³-hybridized carbons (Fsp3) is 0.538. The van der Waals surface area contributed by atoms with Crippen molar-refractivity contribution in [2.75, 3.05) is 11.5 Å². The first-order valence-corrected chi connectivity index (χ1v) is 7.24. The second-order valence-electron chi connectivity index (χ2n) is 4.63. The number of hydrogen-bond donors (Lipinski definition) is 1. The molecule has 0 aromatic heterocycles. The molecule has 1 saturated carbocycles. The van der Waals surface area contributed by atoms with E-state index >= 15 is 0 Å². The van der Waals surface area contributed by atoms with Gasteiger partial charge in [0.15, 0.2) is 0 Å². The molecule has 3 heteroatoms. The summed E-state index contributed by atoms with van der Waals surface area (Å²) in [6.07, 6.45) is 5.09. The van der Waals surface area contributed by atoms with E-state index in [1.54, 1.807) is 0 Å². The van der Waals surface area contributed by atoms with Gasteiger partial charge in [-0.3, -0.25) is 4.21 Å². The van der Waals surface area contributed by atoms with Crippen molar-refractivity contribution in [1.29, 1.82) is 0 Å². The molecule has 1 fully saturated rings. The topological polar surface area (TPSA) is 43.1 Å². The van der Waals surface area contributed by atoms with Crippen LogP contribution in [0.5, 0.6) is 0 Å². The molecule has 1 atom stereocenters. The van der Waals surface area contributed by atoms with E-state index in [-0.39, 0.29) is 0 Å². The molecule has 88 valence electrons. The molecule has 0 bridgehead atoms. The summed E-state index contributed by atoms with van der Waals surface area (Å²) in [4.78, 5) is 0.923. The zero-order valence-corrected chi connectivity index (χ0v) is 10.6. The van der Waals surface area contributed by atoms with Crippen LogP contribution in [0.3, 0.4) is 0 Å². The van der Waals surface area contributed by atoms with Gasteiger partial charge in [-0.15, -0.1) is 0 Å². The van der Waals surface area contributed by atoms with Crippen LogP contribution in [0.25, 0.3) is 0 Å². The minimum absolute atomic E-state index is 0.654. The predicted molar refractivity (Wildman–Crippen MR) is 68.8 cm³/mol. The maximum absolute atomic E-state index is 12.2. The van der Waals surface area contributed by atoms with Crippen LogP contribution >= 0.6 is 0 Å². The standard InChI is InChI=1S/C13H19NOS/c1-10-12(14)7-4-8-13(10)16(15)9-11-5-2-3-6-11/h4,7-8,11H,2-3,5-6,9,14H2,1H3. The first-order chi connectivity index (χ1) is 7.68. The van der Waals surface area contributed by atoms with Crippen LogP contribution in [0.15, 0.2) is 23.1 Å². The lowest BCUT2D eigenvalue weighted by molar-refractivity contribution is 0.604. The minimum atomic E-state index is -0.875. The molecule has 0 radical (unpaired) electrons. The zero-order valence-electron chi connectivity index (χ0n) is 9.74. The fourth-order valence-electron chi connectivity index (χ4n) is 2.36. The summed E-state index contributed by atoms with van der Waals surface area (Å²) in [5, 5.41) is 0. The summed E-state index contributed by atoms with van der Waals surface area (Å²) in [7, 11) is -0.875. The summed E-state index contributed by atoms with van der Waals surface area (Å²) >= 11 is 0. The van der Waals surface area contributed by atoms with Crippen LogP contribution in [0, 0.1) is 12.8 Å². The van der Waals surface area contributed by atoms with E-state index in [2.05, 4.69) is 0 Å². The van der Waals surface area contributed by atoms with Crippen molar-refractivity contribution in [2.45, 2.75) is 37.5 Å². The van der Waals surface area contributed by atoms with Crippen LogP contribution in [-0.4, -0.2) is 9.96 Å². The summed E-state index contributed by atoms with van der Waals surface area (Å²) in [5.74, 6) is 1.46. The Balaban J connectivity index is 2.11. The SMILES string of the molecule is Cc1c(N)cccc1S(=O)CC1CCCC1. The van der Waals surface area contributed by atoms with Crippen molar-refractivity contribution in [3.8, 4) is 0 Å². The van der Waals surface area contributed by atoms with Crippen molar-refractivity contribution in [3.63, 3.8) is 0 Å². The molecule has 1 aromatic carbocycles. The van der Waals surface area contributed by atoms with Gasteiger partial charge < -0.3 is 5.73 Å². The first-order valence-electron chi connectivity index (χ1n) is 5.92. The van der Waals surface area contributed by atoms with Crippen molar-refractivity contribution < 1.29 is 4.21 Å². The van der Waals surface area contributed by atoms with Gasteiger partial charge in [-0.1, -0.05) is 18.9 Å². The van der Waals surface area contributed by atoms with Crippen molar-refractivity contribution in [2.24, 2.45) is 5.92 Å². The Morgan fingerprint density at radius 2 is 2.06 bits per heavy atom. The predicted octanol–water partition coefficient (Wildman–Crippen LogP) is 2.88. The molecule has 0 amide bonds.